The number of nitriles is 1. The lowest BCUT2D eigenvalue weighted by Crippen LogP contribution is -2.18. The third-order valence-electron chi connectivity index (χ3n) is 1.88. The minimum atomic E-state index is 0.682. The molecule has 0 aliphatic carbocycles. The minimum absolute atomic E-state index is 0.682. The number of nitrogens with one attached hydrogen (secondary N) is 1. The lowest BCUT2D eigenvalue weighted by molar-refractivity contribution is 0.132. The molecule has 0 amide bonds. The summed E-state index contributed by atoms with van der Waals surface area (Å²) in [5, 5.41) is 11.6. The van der Waals surface area contributed by atoms with Gasteiger partial charge in [0.05, 0.1) is 6.07 Å². The zero-order valence-corrected chi connectivity index (χ0v) is 9.22. The number of rotatable bonds is 10. The number of hydrogen-bond acceptors (Lipinski definition) is 3. The molecule has 0 saturated carbocycles. The van der Waals surface area contributed by atoms with Crippen molar-refractivity contribution >= 4 is 0 Å². The molecule has 0 spiro atoms. The fraction of sp³-hybridized carbons (Fsp3) is 0.909. The van der Waals surface area contributed by atoms with Crippen molar-refractivity contribution in [2.24, 2.45) is 0 Å². The predicted molar refractivity (Wildman–Crippen MR) is 58.1 cm³/mol. The fourth-order valence-electron chi connectivity index (χ4n) is 1.12. The van der Waals surface area contributed by atoms with Gasteiger partial charge in [-0.05, 0) is 38.8 Å². The van der Waals surface area contributed by atoms with Crippen molar-refractivity contribution in [1.29, 1.82) is 5.26 Å². The van der Waals surface area contributed by atoms with Crippen LogP contribution in [0.4, 0.5) is 0 Å². The lowest BCUT2D eigenvalue weighted by atomic mass is 10.2. The van der Waals surface area contributed by atoms with Crippen molar-refractivity contribution in [3.05, 3.63) is 0 Å². The van der Waals surface area contributed by atoms with Crippen LogP contribution in [0.2, 0.25) is 0 Å². The molecule has 0 heterocycles. The molecule has 0 rings (SSSR count). The van der Waals surface area contributed by atoms with E-state index in [1.54, 1.807) is 0 Å². The second-order valence-corrected chi connectivity index (χ2v) is 3.33. The molecule has 0 bridgehead atoms. The van der Waals surface area contributed by atoms with E-state index in [-0.39, 0.29) is 0 Å². The molecule has 0 aliphatic rings. The third kappa shape index (κ3) is 11.4. The topological polar surface area (TPSA) is 45.0 Å². The zero-order chi connectivity index (χ0) is 10.5. The average Bonchev–Trinajstić information content (AvgIpc) is 2.21. The first-order chi connectivity index (χ1) is 6.91. The Bertz CT molecular complexity index is 143. The van der Waals surface area contributed by atoms with Gasteiger partial charge in [-0.15, -0.1) is 0 Å². The van der Waals surface area contributed by atoms with Gasteiger partial charge in [-0.2, -0.15) is 5.26 Å². The molecule has 14 heavy (non-hydrogen) atoms. The number of hydrogen-bond donors (Lipinski definition) is 1. The van der Waals surface area contributed by atoms with Crippen molar-refractivity contribution < 1.29 is 4.74 Å². The normalized spacial score (nSPS) is 10.0. The van der Waals surface area contributed by atoms with Gasteiger partial charge in [-0.25, -0.2) is 0 Å². The average molecular weight is 198 g/mol. The van der Waals surface area contributed by atoms with Crippen molar-refractivity contribution in [1.82, 2.24) is 5.32 Å². The zero-order valence-electron chi connectivity index (χ0n) is 9.22. The number of ether oxygens (including phenoxy) is 1. The highest BCUT2D eigenvalue weighted by molar-refractivity contribution is 4.68. The lowest BCUT2D eigenvalue weighted by Gasteiger charge is -2.04. The first-order valence-electron chi connectivity index (χ1n) is 5.57. The Labute approximate surface area is 87.4 Å². The fourth-order valence-corrected chi connectivity index (χ4v) is 1.12. The number of nitrogens with zero attached hydrogens (tertiary/aromatic N) is 1. The van der Waals surface area contributed by atoms with E-state index >= 15 is 0 Å². The highest BCUT2D eigenvalue weighted by Crippen LogP contribution is 1.91. The molecule has 0 atom stereocenters. The Morgan fingerprint density at radius 3 is 2.64 bits per heavy atom. The van der Waals surface area contributed by atoms with Crippen LogP contribution in [-0.2, 0) is 4.74 Å². The van der Waals surface area contributed by atoms with Crippen molar-refractivity contribution in [2.45, 2.75) is 39.0 Å². The van der Waals surface area contributed by atoms with E-state index in [1.807, 2.05) is 0 Å². The second-order valence-electron chi connectivity index (χ2n) is 3.33. The molecule has 3 nitrogen and oxygen atoms in total. The van der Waals surface area contributed by atoms with Crippen molar-refractivity contribution in [2.75, 3.05) is 26.3 Å². The van der Waals surface area contributed by atoms with Gasteiger partial charge in [0.2, 0.25) is 0 Å². The van der Waals surface area contributed by atoms with Crippen molar-refractivity contribution in [3.8, 4) is 6.07 Å². The van der Waals surface area contributed by atoms with Crippen LogP contribution in [0, 0.1) is 11.3 Å². The van der Waals surface area contributed by atoms with Crippen LogP contribution in [0.5, 0.6) is 0 Å². The van der Waals surface area contributed by atoms with E-state index in [0.29, 0.717) is 6.42 Å². The van der Waals surface area contributed by atoms with Gasteiger partial charge >= 0.3 is 0 Å². The van der Waals surface area contributed by atoms with E-state index in [0.717, 1.165) is 52.0 Å². The first kappa shape index (κ1) is 13.4. The van der Waals surface area contributed by atoms with Crippen LogP contribution in [0.3, 0.4) is 0 Å². The third-order valence-corrected chi connectivity index (χ3v) is 1.88. The van der Waals surface area contributed by atoms with Crippen LogP contribution in [0.25, 0.3) is 0 Å². The summed E-state index contributed by atoms with van der Waals surface area (Å²) in [6, 6.07) is 2.15. The van der Waals surface area contributed by atoms with Gasteiger partial charge in [-0.1, -0.05) is 6.92 Å². The largest absolute Gasteiger partial charge is 0.381 e. The Balaban J connectivity index is 2.82. The second kappa shape index (κ2) is 12.4. The van der Waals surface area contributed by atoms with E-state index in [1.165, 1.54) is 0 Å². The summed E-state index contributed by atoms with van der Waals surface area (Å²) >= 11 is 0. The van der Waals surface area contributed by atoms with Gasteiger partial charge in [0.25, 0.3) is 0 Å². The van der Waals surface area contributed by atoms with Crippen LogP contribution >= 0.6 is 0 Å². The van der Waals surface area contributed by atoms with Gasteiger partial charge in [0, 0.05) is 19.6 Å². The summed E-state index contributed by atoms with van der Waals surface area (Å²) in [4.78, 5) is 0. The monoisotopic (exact) mass is 198 g/mol. The highest BCUT2D eigenvalue weighted by atomic mass is 16.5. The summed E-state index contributed by atoms with van der Waals surface area (Å²) < 4.78 is 5.34. The molecule has 0 fully saturated rings. The minimum Gasteiger partial charge on any atom is -0.381 e. The molecular formula is C11H22N2O. The molecule has 0 aliphatic heterocycles. The Morgan fingerprint density at radius 1 is 1.14 bits per heavy atom. The molecule has 82 valence electrons. The molecule has 0 aromatic carbocycles. The standard InChI is InChI=1S/C11H22N2O/c1-2-10-14-11-6-9-13-8-5-3-4-7-12/h13H,2-6,8-11H2,1H3. The quantitative estimate of drug-likeness (QED) is 0.547. The molecule has 0 unspecified atom stereocenters. The first-order valence-corrected chi connectivity index (χ1v) is 5.57. The van der Waals surface area contributed by atoms with Crippen LogP contribution in [0.1, 0.15) is 39.0 Å². The molecule has 0 saturated heterocycles. The molecular weight excluding hydrogens is 176 g/mol. The summed E-state index contributed by atoms with van der Waals surface area (Å²) in [5.41, 5.74) is 0. The van der Waals surface area contributed by atoms with Gasteiger partial charge in [-0.3, -0.25) is 0 Å². The summed E-state index contributed by atoms with van der Waals surface area (Å²) in [6.45, 7) is 5.90. The predicted octanol–water partition coefficient (Wildman–Crippen LogP) is 2.09. The maximum absolute atomic E-state index is 8.30. The molecule has 1 N–H and O–H groups in total. The van der Waals surface area contributed by atoms with Crippen molar-refractivity contribution in [3.63, 3.8) is 0 Å². The van der Waals surface area contributed by atoms with E-state index in [9.17, 15) is 0 Å². The van der Waals surface area contributed by atoms with E-state index < -0.39 is 0 Å². The van der Waals surface area contributed by atoms with Crippen LogP contribution < -0.4 is 5.32 Å². The molecule has 0 radical (unpaired) electrons. The smallest absolute Gasteiger partial charge is 0.0621 e. The van der Waals surface area contributed by atoms with Gasteiger partial charge in [0.1, 0.15) is 0 Å². The van der Waals surface area contributed by atoms with Crippen LogP contribution in [-0.4, -0.2) is 26.3 Å². The van der Waals surface area contributed by atoms with Gasteiger partial charge < -0.3 is 10.1 Å². The maximum atomic E-state index is 8.30. The molecule has 0 aromatic heterocycles. The summed E-state index contributed by atoms with van der Waals surface area (Å²) in [5.74, 6) is 0. The Morgan fingerprint density at radius 2 is 1.93 bits per heavy atom. The highest BCUT2D eigenvalue weighted by Gasteiger charge is 1.89. The summed E-state index contributed by atoms with van der Waals surface area (Å²) in [6.07, 6.45) is 4.97. The Kier molecular flexibility index (Phi) is 11.9. The SMILES string of the molecule is CCCOCCCNCCCCC#N. The van der Waals surface area contributed by atoms with E-state index in [4.69, 9.17) is 10.00 Å². The number of unbranched alkanes of at least 4 members (excludes halogenated alkanes) is 2. The van der Waals surface area contributed by atoms with Gasteiger partial charge in [0.15, 0.2) is 0 Å². The van der Waals surface area contributed by atoms with E-state index in [2.05, 4.69) is 18.3 Å². The molecule has 0 aromatic rings. The Hall–Kier alpha value is -0.590. The maximum Gasteiger partial charge on any atom is 0.0621 e. The molecule has 3 heteroatoms. The van der Waals surface area contributed by atoms with Crippen LogP contribution in [0.15, 0.2) is 0 Å². The summed E-state index contributed by atoms with van der Waals surface area (Å²) in [7, 11) is 0.